The van der Waals surface area contributed by atoms with E-state index < -0.39 is 10.1 Å². The second kappa shape index (κ2) is 11.7. The van der Waals surface area contributed by atoms with Crippen LogP contribution in [0, 0.1) is 13.8 Å². The van der Waals surface area contributed by atoms with E-state index in [0.717, 1.165) is 43.8 Å². The maximum Gasteiger partial charge on any atom is 0.267 e. The summed E-state index contributed by atoms with van der Waals surface area (Å²) in [6, 6.07) is 7.29. The molecule has 198 valence electrons. The van der Waals surface area contributed by atoms with Crippen LogP contribution in [0.15, 0.2) is 30.5 Å². The summed E-state index contributed by atoms with van der Waals surface area (Å²) in [4.78, 5) is 30.8. The zero-order chi connectivity index (χ0) is 26.6. The summed E-state index contributed by atoms with van der Waals surface area (Å²) in [5.74, 6) is 1.68. The number of carbonyl (C=O) groups excluding carboxylic acids is 1. The lowest BCUT2D eigenvalue weighted by Gasteiger charge is -2.35. The van der Waals surface area contributed by atoms with Gasteiger partial charge in [0, 0.05) is 38.8 Å². The standard InChI is InChI=1S/C23H28ClN7O4S2/c1-15-5-4-6-17(24)21(15)29-22(32)18-14-25-23(36-18)28-19-13-20(27-16(2)26-19)31-9-7-30(8-10-31)11-12-35-37(3,33)34/h4-6,13-14H,7-12H2,1-3H3,(H,29,32)(H,25,26,27,28). The lowest BCUT2D eigenvalue weighted by Crippen LogP contribution is -2.47. The van der Waals surface area contributed by atoms with Crippen molar-refractivity contribution in [1.29, 1.82) is 0 Å². The summed E-state index contributed by atoms with van der Waals surface area (Å²) >= 11 is 7.44. The van der Waals surface area contributed by atoms with E-state index in [1.54, 1.807) is 6.07 Å². The van der Waals surface area contributed by atoms with Crippen molar-refractivity contribution in [3.05, 3.63) is 51.7 Å². The molecule has 1 aromatic carbocycles. The Kier molecular flexibility index (Phi) is 8.60. The number of piperazine rings is 1. The van der Waals surface area contributed by atoms with E-state index in [1.807, 2.05) is 32.0 Å². The number of thiazole rings is 1. The number of benzene rings is 1. The zero-order valence-electron chi connectivity index (χ0n) is 20.7. The van der Waals surface area contributed by atoms with Crippen LogP contribution >= 0.6 is 22.9 Å². The summed E-state index contributed by atoms with van der Waals surface area (Å²) in [5, 5.41) is 7.04. The van der Waals surface area contributed by atoms with E-state index in [-0.39, 0.29) is 12.5 Å². The van der Waals surface area contributed by atoms with Crippen LogP contribution in [0.5, 0.6) is 0 Å². The molecule has 1 aliphatic heterocycles. The van der Waals surface area contributed by atoms with Crippen molar-refractivity contribution in [2.24, 2.45) is 0 Å². The van der Waals surface area contributed by atoms with Gasteiger partial charge in [0.2, 0.25) is 0 Å². The molecule has 0 bridgehead atoms. The highest BCUT2D eigenvalue weighted by molar-refractivity contribution is 7.85. The van der Waals surface area contributed by atoms with Gasteiger partial charge in [0.1, 0.15) is 22.3 Å². The normalized spacial score (nSPS) is 14.5. The van der Waals surface area contributed by atoms with Crippen LogP contribution in [0.2, 0.25) is 5.02 Å². The minimum Gasteiger partial charge on any atom is -0.354 e. The molecule has 0 saturated carbocycles. The van der Waals surface area contributed by atoms with Gasteiger partial charge in [-0.3, -0.25) is 13.9 Å². The SMILES string of the molecule is Cc1nc(Nc2ncc(C(=O)Nc3c(C)cccc3Cl)s2)cc(N2CCN(CCOS(C)(=O)=O)CC2)n1. The van der Waals surface area contributed by atoms with Crippen molar-refractivity contribution in [2.45, 2.75) is 13.8 Å². The van der Waals surface area contributed by atoms with Crippen molar-refractivity contribution in [3.63, 3.8) is 0 Å². The number of carbonyl (C=O) groups is 1. The summed E-state index contributed by atoms with van der Waals surface area (Å²) in [7, 11) is -3.43. The van der Waals surface area contributed by atoms with Gasteiger partial charge in [-0.25, -0.2) is 15.0 Å². The largest absolute Gasteiger partial charge is 0.354 e. The molecule has 1 fully saturated rings. The van der Waals surface area contributed by atoms with Gasteiger partial charge in [0.25, 0.3) is 16.0 Å². The Morgan fingerprint density at radius 3 is 2.65 bits per heavy atom. The van der Waals surface area contributed by atoms with E-state index in [2.05, 4.69) is 35.4 Å². The highest BCUT2D eigenvalue weighted by Gasteiger charge is 2.20. The second-order valence-electron chi connectivity index (χ2n) is 8.55. The highest BCUT2D eigenvalue weighted by Crippen LogP contribution is 2.28. The molecule has 0 unspecified atom stereocenters. The first-order chi connectivity index (χ1) is 17.6. The van der Waals surface area contributed by atoms with Crippen molar-refractivity contribution in [2.75, 3.05) is 61.1 Å². The van der Waals surface area contributed by atoms with E-state index in [4.69, 9.17) is 15.8 Å². The van der Waals surface area contributed by atoms with Gasteiger partial charge in [0.05, 0.1) is 29.8 Å². The monoisotopic (exact) mass is 565 g/mol. The number of aryl methyl sites for hydroxylation is 2. The Labute approximate surface area is 225 Å². The molecular formula is C23H28ClN7O4S2. The van der Waals surface area contributed by atoms with Crippen LogP contribution < -0.4 is 15.5 Å². The number of aromatic nitrogens is 3. The van der Waals surface area contributed by atoms with Gasteiger partial charge < -0.3 is 15.5 Å². The van der Waals surface area contributed by atoms with E-state index in [0.29, 0.717) is 38.9 Å². The summed E-state index contributed by atoms with van der Waals surface area (Å²) < 4.78 is 27.1. The molecule has 0 radical (unpaired) electrons. The van der Waals surface area contributed by atoms with Crippen LogP contribution in [0.4, 0.5) is 22.5 Å². The fraction of sp³-hybridized carbons (Fsp3) is 0.391. The third-order valence-corrected chi connectivity index (χ3v) is 7.47. The van der Waals surface area contributed by atoms with Crippen molar-refractivity contribution >= 4 is 61.4 Å². The molecule has 2 N–H and O–H groups in total. The highest BCUT2D eigenvalue weighted by atomic mass is 35.5. The molecule has 0 atom stereocenters. The Morgan fingerprint density at radius 2 is 1.95 bits per heavy atom. The van der Waals surface area contributed by atoms with Gasteiger partial charge in [0.15, 0.2) is 5.13 Å². The van der Waals surface area contributed by atoms with Crippen LogP contribution in [-0.4, -0.2) is 79.8 Å². The number of amides is 1. The van der Waals surface area contributed by atoms with Gasteiger partial charge in [-0.1, -0.05) is 35.1 Å². The maximum absolute atomic E-state index is 12.7. The molecule has 37 heavy (non-hydrogen) atoms. The van der Waals surface area contributed by atoms with Gasteiger partial charge >= 0.3 is 0 Å². The minimum absolute atomic E-state index is 0.144. The zero-order valence-corrected chi connectivity index (χ0v) is 23.1. The number of nitrogens with zero attached hydrogens (tertiary/aromatic N) is 5. The van der Waals surface area contributed by atoms with Crippen molar-refractivity contribution in [1.82, 2.24) is 19.9 Å². The Balaban J connectivity index is 1.36. The first kappa shape index (κ1) is 27.2. The molecule has 14 heteroatoms. The summed E-state index contributed by atoms with van der Waals surface area (Å²) in [6.07, 6.45) is 2.56. The van der Waals surface area contributed by atoms with Crippen molar-refractivity contribution < 1.29 is 17.4 Å². The van der Waals surface area contributed by atoms with E-state index in [9.17, 15) is 13.2 Å². The average Bonchev–Trinajstić information content (AvgIpc) is 3.29. The molecule has 11 nitrogen and oxygen atoms in total. The van der Waals surface area contributed by atoms with Crippen LogP contribution in [0.3, 0.4) is 0 Å². The third kappa shape index (κ3) is 7.58. The minimum atomic E-state index is -3.43. The van der Waals surface area contributed by atoms with Crippen LogP contribution in [0.25, 0.3) is 0 Å². The number of hydrogen-bond donors (Lipinski definition) is 2. The smallest absolute Gasteiger partial charge is 0.267 e. The number of nitrogens with one attached hydrogen (secondary N) is 2. The third-order valence-electron chi connectivity index (χ3n) is 5.65. The molecule has 0 aliphatic carbocycles. The molecule has 0 spiro atoms. The fourth-order valence-electron chi connectivity index (χ4n) is 3.81. The number of rotatable bonds is 9. The van der Waals surface area contributed by atoms with Gasteiger partial charge in [-0.05, 0) is 25.5 Å². The molecule has 1 saturated heterocycles. The molecule has 3 heterocycles. The Morgan fingerprint density at radius 1 is 1.19 bits per heavy atom. The molecule has 3 aromatic rings. The van der Waals surface area contributed by atoms with Crippen molar-refractivity contribution in [3.8, 4) is 0 Å². The molecule has 2 aromatic heterocycles. The topological polar surface area (TPSA) is 130 Å². The molecule has 1 aliphatic rings. The number of halogens is 1. The summed E-state index contributed by atoms with van der Waals surface area (Å²) in [6.45, 7) is 7.38. The summed E-state index contributed by atoms with van der Waals surface area (Å²) in [5.41, 5.74) is 1.45. The van der Waals surface area contributed by atoms with E-state index >= 15 is 0 Å². The van der Waals surface area contributed by atoms with Gasteiger partial charge in [-0.15, -0.1) is 0 Å². The molecule has 4 rings (SSSR count). The first-order valence-corrected chi connectivity index (χ1v) is 14.6. The van der Waals surface area contributed by atoms with Gasteiger partial charge in [-0.2, -0.15) is 8.42 Å². The Bertz CT molecular complexity index is 1350. The maximum atomic E-state index is 12.7. The van der Waals surface area contributed by atoms with Crippen LogP contribution in [-0.2, 0) is 14.3 Å². The quantitative estimate of drug-likeness (QED) is 0.373. The average molecular weight is 566 g/mol. The Hall–Kier alpha value is -2.84. The molecular weight excluding hydrogens is 538 g/mol. The molecule has 1 amide bonds. The first-order valence-electron chi connectivity index (χ1n) is 11.5. The predicted molar refractivity (Wildman–Crippen MR) is 146 cm³/mol. The number of para-hydroxylation sites is 1. The lowest BCUT2D eigenvalue weighted by atomic mass is 10.2. The number of anilines is 4. The fourth-order valence-corrected chi connectivity index (χ4v) is 5.17. The lowest BCUT2D eigenvalue weighted by molar-refractivity contribution is 0.103. The number of hydrogen-bond acceptors (Lipinski definition) is 11. The van der Waals surface area contributed by atoms with E-state index in [1.165, 1.54) is 17.5 Å². The second-order valence-corrected chi connectivity index (χ2v) is 11.6. The van der Waals surface area contributed by atoms with Crippen LogP contribution in [0.1, 0.15) is 21.1 Å². The predicted octanol–water partition coefficient (Wildman–Crippen LogP) is 3.30.